The van der Waals surface area contributed by atoms with Gasteiger partial charge >= 0.3 is 0 Å². The topological polar surface area (TPSA) is 53.4 Å². The van der Waals surface area contributed by atoms with E-state index in [-0.39, 0.29) is 18.5 Å². The first-order valence-corrected chi connectivity index (χ1v) is 10.9. The Morgan fingerprint density at radius 2 is 2.07 bits per heavy atom. The third-order valence-electron chi connectivity index (χ3n) is 5.37. The molecule has 4 rings (SSSR count). The lowest BCUT2D eigenvalue weighted by molar-refractivity contribution is 0.0914. The smallest absolute Gasteiger partial charge is 0.202 e. The van der Waals surface area contributed by atoms with E-state index in [9.17, 15) is 4.79 Å². The number of carbonyl (C=O) groups excluding carboxylic acids is 1. The molecule has 1 fully saturated rings. The van der Waals surface area contributed by atoms with Gasteiger partial charge in [-0.2, -0.15) is 0 Å². The van der Waals surface area contributed by atoms with Crippen molar-refractivity contribution in [3.8, 4) is 16.3 Å². The number of benzene rings is 1. The zero-order valence-electron chi connectivity index (χ0n) is 17.1. The summed E-state index contributed by atoms with van der Waals surface area (Å²) in [5.74, 6) is 0.680. The van der Waals surface area contributed by atoms with Gasteiger partial charge in [0.05, 0.1) is 6.10 Å². The van der Waals surface area contributed by atoms with E-state index in [1.54, 1.807) is 11.3 Å². The molecule has 0 spiro atoms. The quantitative estimate of drug-likeness (QED) is 0.516. The third kappa shape index (κ3) is 4.43. The lowest BCUT2D eigenvalue weighted by Gasteiger charge is -2.14. The second-order valence-electron chi connectivity index (χ2n) is 7.56. The van der Waals surface area contributed by atoms with E-state index in [1.807, 2.05) is 56.5 Å². The molecule has 1 aliphatic rings. The molecular formula is C23H26N2O3S. The van der Waals surface area contributed by atoms with Gasteiger partial charge in [0.2, 0.25) is 5.78 Å². The van der Waals surface area contributed by atoms with Gasteiger partial charge in [-0.3, -0.25) is 4.79 Å². The highest BCUT2D eigenvalue weighted by molar-refractivity contribution is 7.13. The van der Waals surface area contributed by atoms with E-state index >= 15 is 0 Å². The molecule has 0 aliphatic carbocycles. The Bertz CT molecular complexity index is 998. The van der Waals surface area contributed by atoms with Crippen molar-refractivity contribution in [2.24, 2.45) is 0 Å². The van der Waals surface area contributed by atoms with Crippen LogP contribution in [0.1, 0.15) is 40.3 Å². The summed E-state index contributed by atoms with van der Waals surface area (Å²) in [4.78, 5) is 17.2. The molecule has 6 heteroatoms. The predicted molar refractivity (Wildman–Crippen MR) is 115 cm³/mol. The number of carbonyl (C=O) groups is 1. The number of nitrogens with zero attached hydrogens (tertiary/aromatic N) is 2. The zero-order valence-corrected chi connectivity index (χ0v) is 17.9. The normalized spacial score (nSPS) is 16.3. The van der Waals surface area contributed by atoms with Crippen LogP contribution in [0, 0.1) is 20.8 Å². The first-order chi connectivity index (χ1) is 14.0. The van der Waals surface area contributed by atoms with Crippen molar-refractivity contribution in [3.63, 3.8) is 0 Å². The molecule has 152 valence electrons. The van der Waals surface area contributed by atoms with Gasteiger partial charge in [0.25, 0.3) is 0 Å². The maximum Gasteiger partial charge on any atom is 0.202 e. The van der Waals surface area contributed by atoms with Gasteiger partial charge in [0, 0.05) is 46.7 Å². The first-order valence-electron chi connectivity index (χ1n) is 9.98. The van der Waals surface area contributed by atoms with Crippen LogP contribution in [-0.4, -0.2) is 34.7 Å². The summed E-state index contributed by atoms with van der Waals surface area (Å²) >= 11 is 1.62. The SMILES string of the molecule is Cc1csc(-c2ccc(OCC(=O)c3cc(C)n(C[C@@H]4CCCO4)c3C)cc2)n1. The highest BCUT2D eigenvalue weighted by atomic mass is 32.1. The number of ether oxygens (including phenoxy) is 2. The van der Waals surface area contributed by atoms with Crippen LogP contribution in [0.15, 0.2) is 35.7 Å². The highest BCUT2D eigenvalue weighted by Gasteiger charge is 2.21. The van der Waals surface area contributed by atoms with E-state index in [0.29, 0.717) is 5.75 Å². The van der Waals surface area contributed by atoms with Gasteiger partial charge in [-0.25, -0.2) is 4.98 Å². The van der Waals surface area contributed by atoms with Crippen molar-refractivity contribution in [1.82, 2.24) is 9.55 Å². The fourth-order valence-electron chi connectivity index (χ4n) is 3.76. The molecule has 1 aromatic carbocycles. The second-order valence-corrected chi connectivity index (χ2v) is 8.42. The number of aromatic nitrogens is 2. The number of thiazole rings is 1. The lowest BCUT2D eigenvalue weighted by Crippen LogP contribution is -2.18. The zero-order chi connectivity index (χ0) is 20.4. The largest absolute Gasteiger partial charge is 0.485 e. The molecule has 1 atom stereocenters. The van der Waals surface area contributed by atoms with E-state index in [2.05, 4.69) is 9.55 Å². The van der Waals surface area contributed by atoms with Crippen LogP contribution < -0.4 is 4.74 Å². The Hall–Kier alpha value is -2.44. The fourth-order valence-corrected chi connectivity index (χ4v) is 4.57. The number of ketones is 1. The fraction of sp³-hybridized carbons (Fsp3) is 0.391. The standard InChI is InChI=1S/C23H26N2O3S/c1-15-14-29-23(24-15)18-6-8-19(9-7-18)28-13-22(26)21-11-16(2)25(17(21)3)12-20-5-4-10-27-20/h6-9,11,14,20H,4-5,10,12-13H2,1-3H3/t20-/m0/s1. The molecule has 5 nitrogen and oxygen atoms in total. The minimum absolute atomic E-state index is 0.00341. The minimum Gasteiger partial charge on any atom is -0.485 e. The molecule has 0 unspecified atom stereocenters. The van der Waals surface area contributed by atoms with Crippen LogP contribution in [0.3, 0.4) is 0 Å². The van der Waals surface area contributed by atoms with Gasteiger partial charge in [-0.15, -0.1) is 11.3 Å². The molecule has 3 aromatic rings. The molecule has 0 amide bonds. The van der Waals surface area contributed by atoms with E-state index in [0.717, 1.165) is 59.2 Å². The maximum atomic E-state index is 12.8. The summed E-state index contributed by atoms with van der Waals surface area (Å²) in [6.45, 7) is 7.70. The summed E-state index contributed by atoms with van der Waals surface area (Å²) < 4.78 is 13.7. The van der Waals surface area contributed by atoms with Gasteiger partial charge in [0.15, 0.2) is 6.61 Å². The number of rotatable bonds is 7. The molecule has 0 N–H and O–H groups in total. The van der Waals surface area contributed by atoms with Gasteiger partial charge in [-0.05, 0) is 63.9 Å². The molecule has 1 saturated heterocycles. The van der Waals surface area contributed by atoms with Crippen molar-refractivity contribution >= 4 is 17.1 Å². The van der Waals surface area contributed by atoms with E-state index in [4.69, 9.17) is 9.47 Å². The van der Waals surface area contributed by atoms with Crippen molar-refractivity contribution in [3.05, 3.63) is 58.4 Å². The van der Waals surface area contributed by atoms with Crippen LogP contribution in [0.2, 0.25) is 0 Å². The summed E-state index contributed by atoms with van der Waals surface area (Å²) in [6, 6.07) is 9.70. The van der Waals surface area contributed by atoms with Crippen LogP contribution in [-0.2, 0) is 11.3 Å². The average Bonchev–Trinajstić information content (AvgIpc) is 3.45. The molecule has 1 aliphatic heterocycles. The van der Waals surface area contributed by atoms with Crippen LogP contribution >= 0.6 is 11.3 Å². The highest BCUT2D eigenvalue weighted by Crippen LogP contribution is 2.26. The van der Waals surface area contributed by atoms with Crippen LogP contribution in [0.25, 0.3) is 10.6 Å². The Balaban J connectivity index is 1.39. The number of aryl methyl sites for hydroxylation is 2. The molecule has 0 radical (unpaired) electrons. The maximum absolute atomic E-state index is 12.8. The van der Waals surface area contributed by atoms with Crippen molar-refractivity contribution in [2.75, 3.05) is 13.2 Å². The molecular weight excluding hydrogens is 384 g/mol. The summed E-state index contributed by atoms with van der Waals surface area (Å²) in [5.41, 5.74) is 4.88. The Morgan fingerprint density at radius 3 is 2.72 bits per heavy atom. The number of hydrogen-bond acceptors (Lipinski definition) is 5. The van der Waals surface area contributed by atoms with Crippen molar-refractivity contribution in [1.29, 1.82) is 0 Å². The molecule has 2 aromatic heterocycles. The van der Waals surface area contributed by atoms with E-state index < -0.39 is 0 Å². The first kappa shape index (κ1) is 19.9. The molecule has 3 heterocycles. The molecule has 29 heavy (non-hydrogen) atoms. The average molecular weight is 411 g/mol. The van der Waals surface area contributed by atoms with Gasteiger partial charge in [-0.1, -0.05) is 0 Å². The van der Waals surface area contributed by atoms with Crippen LogP contribution in [0.5, 0.6) is 5.75 Å². The van der Waals surface area contributed by atoms with Crippen molar-refractivity contribution < 1.29 is 14.3 Å². The monoisotopic (exact) mass is 410 g/mol. The Labute approximate surface area is 175 Å². The summed E-state index contributed by atoms with van der Waals surface area (Å²) in [6.07, 6.45) is 2.45. The second kappa shape index (κ2) is 8.51. The summed E-state index contributed by atoms with van der Waals surface area (Å²) in [5, 5.41) is 3.03. The lowest BCUT2D eigenvalue weighted by atomic mass is 10.1. The van der Waals surface area contributed by atoms with Crippen LogP contribution in [0.4, 0.5) is 0 Å². The Morgan fingerprint density at radius 1 is 1.28 bits per heavy atom. The molecule has 0 saturated carbocycles. The van der Waals surface area contributed by atoms with E-state index in [1.165, 1.54) is 0 Å². The number of Topliss-reactive ketones (excluding diaryl/α,β-unsaturated/α-hetero) is 1. The molecule has 0 bridgehead atoms. The van der Waals surface area contributed by atoms with Gasteiger partial charge in [0.1, 0.15) is 10.8 Å². The minimum atomic E-state index is -0.00341. The predicted octanol–water partition coefficient (Wildman–Crippen LogP) is 4.98. The third-order valence-corrected chi connectivity index (χ3v) is 6.38. The summed E-state index contributed by atoms with van der Waals surface area (Å²) in [7, 11) is 0. The Kier molecular flexibility index (Phi) is 5.83. The number of hydrogen-bond donors (Lipinski definition) is 0. The van der Waals surface area contributed by atoms with Crippen molar-refractivity contribution in [2.45, 2.75) is 46.3 Å². The van der Waals surface area contributed by atoms with Gasteiger partial charge < -0.3 is 14.0 Å².